The van der Waals surface area contributed by atoms with Crippen LogP contribution in [0, 0.1) is 5.92 Å². The molecule has 14 heavy (non-hydrogen) atoms. The summed E-state index contributed by atoms with van der Waals surface area (Å²) in [5.74, 6) is 0.454. The average Bonchev–Trinajstić information content (AvgIpc) is 2.02. The van der Waals surface area contributed by atoms with Crippen LogP contribution in [0.1, 0.15) is 34.1 Å². The fourth-order valence-corrected chi connectivity index (χ4v) is 1.58. The fraction of sp³-hybridized carbons (Fsp3) is 0.727. The van der Waals surface area contributed by atoms with Crippen LogP contribution in [-0.4, -0.2) is 18.0 Å². The van der Waals surface area contributed by atoms with Gasteiger partial charge in [-0.05, 0) is 32.3 Å². The molecule has 3 nitrogen and oxygen atoms in total. The maximum atomic E-state index is 11.3. The monoisotopic (exact) mass is 198 g/mol. The Labute approximate surface area is 86.8 Å². The SMILES string of the molecule is C/C=C/C(=O)NC(C)(CN)CC(C)C. The molecule has 0 saturated heterocycles. The molecule has 0 aliphatic heterocycles. The highest BCUT2D eigenvalue weighted by Crippen LogP contribution is 2.14. The van der Waals surface area contributed by atoms with Crippen molar-refractivity contribution in [1.82, 2.24) is 5.32 Å². The molecule has 3 heteroatoms. The van der Waals surface area contributed by atoms with Crippen LogP contribution in [0.2, 0.25) is 0 Å². The minimum Gasteiger partial charge on any atom is -0.346 e. The Morgan fingerprint density at radius 2 is 2.14 bits per heavy atom. The molecule has 1 unspecified atom stereocenters. The molecule has 0 bridgehead atoms. The van der Waals surface area contributed by atoms with Gasteiger partial charge < -0.3 is 11.1 Å². The molecule has 0 aliphatic carbocycles. The van der Waals surface area contributed by atoms with Gasteiger partial charge in [-0.2, -0.15) is 0 Å². The standard InChI is InChI=1S/C11H22N2O/c1-5-6-10(14)13-11(4,8-12)7-9(2)3/h5-6,9H,7-8,12H2,1-4H3,(H,13,14)/b6-5+. The van der Waals surface area contributed by atoms with Gasteiger partial charge >= 0.3 is 0 Å². The third-order valence-corrected chi connectivity index (χ3v) is 2.05. The lowest BCUT2D eigenvalue weighted by atomic mass is 9.91. The van der Waals surface area contributed by atoms with Crippen LogP contribution in [0.25, 0.3) is 0 Å². The first-order chi connectivity index (χ1) is 6.43. The zero-order valence-electron chi connectivity index (χ0n) is 9.63. The number of carbonyl (C=O) groups is 1. The molecular weight excluding hydrogens is 176 g/mol. The first-order valence-electron chi connectivity index (χ1n) is 5.08. The predicted molar refractivity (Wildman–Crippen MR) is 59.9 cm³/mol. The van der Waals surface area contributed by atoms with Gasteiger partial charge in [0.1, 0.15) is 0 Å². The van der Waals surface area contributed by atoms with E-state index in [-0.39, 0.29) is 11.4 Å². The Kier molecular flexibility index (Phi) is 5.46. The highest BCUT2D eigenvalue weighted by atomic mass is 16.1. The highest BCUT2D eigenvalue weighted by molar-refractivity contribution is 5.87. The Balaban J connectivity index is 4.31. The van der Waals surface area contributed by atoms with Gasteiger partial charge in [-0.1, -0.05) is 19.9 Å². The number of carbonyl (C=O) groups excluding carboxylic acids is 1. The molecule has 0 heterocycles. The number of hydrogen-bond acceptors (Lipinski definition) is 2. The summed E-state index contributed by atoms with van der Waals surface area (Å²) in [5.41, 5.74) is 5.37. The van der Waals surface area contributed by atoms with E-state index < -0.39 is 0 Å². The summed E-state index contributed by atoms with van der Waals surface area (Å²) >= 11 is 0. The number of hydrogen-bond donors (Lipinski definition) is 2. The molecule has 0 aromatic heterocycles. The minimum atomic E-state index is -0.287. The minimum absolute atomic E-state index is 0.0684. The van der Waals surface area contributed by atoms with Crippen molar-refractivity contribution in [3.63, 3.8) is 0 Å². The lowest BCUT2D eigenvalue weighted by molar-refractivity contribution is -0.118. The van der Waals surface area contributed by atoms with Crippen LogP contribution < -0.4 is 11.1 Å². The molecule has 0 saturated carbocycles. The van der Waals surface area contributed by atoms with Crippen molar-refractivity contribution in [3.8, 4) is 0 Å². The number of amides is 1. The van der Waals surface area contributed by atoms with Crippen molar-refractivity contribution in [3.05, 3.63) is 12.2 Å². The number of rotatable bonds is 5. The van der Waals surface area contributed by atoms with Crippen LogP contribution in [0.5, 0.6) is 0 Å². The molecule has 0 aliphatic rings. The van der Waals surface area contributed by atoms with E-state index >= 15 is 0 Å². The van der Waals surface area contributed by atoms with Crippen molar-refractivity contribution in [2.45, 2.75) is 39.7 Å². The lowest BCUT2D eigenvalue weighted by Crippen LogP contribution is -2.51. The quantitative estimate of drug-likeness (QED) is 0.657. The molecule has 0 aromatic rings. The van der Waals surface area contributed by atoms with E-state index in [1.165, 1.54) is 6.08 Å². The van der Waals surface area contributed by atoms with Gasteiger partial charge in [0.05, 0.1) is 0 Å². The summed E-state index contributed by atoms with van der Waals surface area (Å²) < 4.78 is 0. The Morgan fingerprint density at radius 3 is 2.50 bits per heavy atom. The van der Waals surface area contributed by atoms with Crippen molar-refractivity contribution in [2.24, 2.45) is 11.7 Å². The second kappa shape index (κ2) is 5.81. The topological polar surface area (TPSA) is 55.1 Å². The van der Waals surface area contributed by atoms with Gasteiger partial charge in [0.15, 0.2) is 0 Å². The van der Waals surface area contributed by atoms with Crippen LogP contribution in [0.3, 0.4) is 0 Å². The normalized spacial score (nSPS) is 15.9. The lowest BCUT2D eigenvalue weighted by Gasteiger charge is -2.30. The van der Waals surface area contributed by atoms with Gasteiger partial charge in [0.25, 0.3) is 0 Å². The van der Waals surface area contributed by atoms with E-state index in [4.69, 9.17) is 5.73 Å². The van der Waals surface area contributed by atoms with E-state index in [0.29, 0.717) is 12.5 Å². The Hall–Kier alpha value is -0.830. The van der Waals surface area contributed by atoms with Gasteiger partial charge in [0.2, 0.25) is 5.91 Å². The molecule has 0 radical (unpaired) electrons. The fourth-order valence-electron chi connectivity index (χ4n) is 1.58. The summed E-state index contributed by atoms with van der Waals surface area (Å²) in [6, 6.07) is 0. The van der Waals surface area contributed by atoms with Crippen molar-refractivity contribution in [1.29, 1.82) is 0 Å². The highest BCUT2D eigenvalue weighted by Gasteiger charge is 2.24. The molecule has 0 aromatic carbocycles. The smallest absolute Gasteiger partial charge is 0.244 e. The Morgan fingerprint density at radius 1 is 1.57 bits per heavy atom. The third-order valence-electron chi connectivity index (χ3n) is 2.05. The zero-order valence-corrected chi connectivity index (χ0v) is 9.63. The second-order valence-corrected chi connectivity index (χ2v) is 4.35. The van der Waals surface area contributed by atoms with E-state index in [1.807, 2.05) is 13.8 Å². The van der Waals surface area contributed by atoms with E-state index in [2.05, 4.69) is 19.2 Å². The van der Waals surface area contributed by atoms with Crippen molar-refractivity contribution in [2.75, 3.05) is 6.54 Å². The first kappa shape index (κ1) is 13.2. The van der Waals surface area contributed by atoms with Gasteiger partial charge in [-0.3, -0.25) is 4.79 Å². The number of nitrogens with one attached hydrogen (secondary N) is 1. The van der Waals surface area contributed by atoms with E-state index in [0.717, 1.165) is 6.42 Å². The van der Waals surface area contributed by atoms with E-state index in [9.17, 15) is 4.79 Å². The third kappa shape index (κ3) is 5.02. The largest absolute Gasteiger partial charge is 0.346 e. The summed E-state index contributed by atoms with van der Waals surface area (Å²) in [6.07, 6.45) is 4.14. The van der Waals surface area contributed by atoms with E-state index in [1.54, 1.807) is 6.08 Å². The van der Waals surface area contributed by atoms with Crippen molar-refractivity contribution >= 4 is 5.91 Å². The van der Waals surface area contributed by atoms with Crippen LogP contribution in [0.4, 0.5) is 0 Å². The molecule has 0 rings (SSSR count). The average molecular weight is 198 g/mol. The van der Waals surface area contributed by atoms with Gasteiger partial charge in [-0.15, -0.1) is 0 Å². The maximum absolute atomic E-state index is 11.3. The van der Waals surface area contributed by atoms with Gasteiger partial charge in [-0.25, -0.2) is 0 Å². The molecule has 82 valence electrons. The molecule has 0 fully saturated rings. The molecule has 1 atom stereocenters. The van der Waals surface area contributed by atoms with Gasteiger partial charge in [0, 0.05) is 12.1 Å². The molecule has 0 spiro atoms. The summed E-state index contributed by atoms with van der Waals surface area (Å²) in [5, 5.41) is 2.92. The predicted octanol–water partition coefficient (Wildman–Crippen LogP) is 1.44. The van der Waals surface area contributed by atoms with Crippen LogP contribution in [0.15, 0.2) is 12.2 Å². The van der Waals surface area contributed by atoms with Crippen LogP contribution in [-0.2, 0) is 4.79 Å². The molecule has 3 N–H and O–H groups in total. The second-order valence-electron chi connectivity index (χ2n) is 4.35. The molecular formula is C11H22N2O. The Bertz CT molecular complexity index is 211. The molecule has 1 amide bonds. The summed E-state index contributed by atoms with van der Waals surface area (Å²) in [6.45, 7) is 8.51. The zero-order chi connectivity index (χ0) is 11.2. The number of nitrogens with two attached hydrogens (primary N) is 1. The summed E-state index contributed by atoms with van der Waals surface area (Å²) in [4.78, 5) is 11.3. The first-order valence-corrected chi connectivity index (χ1v) is 5.08. The van der Waals surface area contributed by atoms with Crippen molar-refractivity contribution < 1.29 is 4.79 Å². The van der Waals surface area contributed by atoms with Crippen LogP contribution >= 0.6 is 0 Å². The maximum Gasteiger partial charge on any atom is 0.244 e. The summed E-state index contributed by atoms with van der Waals surface area (Å²) in [7, 11) is 0. The number of allylic oxidation sites excluding steroid dienone is 1.